The Morgan fingerprint density at radius 1 is 1.25 bits per heavy atom. The van der Waals surface area contributed by atoms with Gasteiger partial charge in [-0.1, -0.05) is 11.6 Å². The number of rotatable bonds is 2. The van der Waals surface area contributed by atoms with Gasteiger partial charge in [0.1, 0.15) is 5.56 Å². The Morgan fingerprint density at radius 3 is 2.71 bits per heavy atom. The van der Waals surface area contributed by atoms with Gasteiger partial charge < -0.3 is 19.9 Å². The molecule has 1 fully saturated rings. The van der Waals surface area contributed by atoms with Gasteiger partial charge in [-0.05, 0) is 18.9 Å². The number of piperazine rings is 1. The summed E-state index contributed by atoms with van der Waals surface area (Å²) in [4.78, 5) is 26.2. The second-order valence-corrected chi connectivity index (χ2v) is 6.70. The molecule has 3 heterocycles. The molecular formula is C17H18ClN3O3. The molecule has 0 radical (unpaired) electrons. The van der Waals surface area contributed by atoms with Gasteiger partial charge in [0.25, 0.3) is 0 Å². The van der Waals surface area contributed by atoms with Crippen molar-refractivity contribution in [3.05, 3.63) is 38.6 Å². The van der Waals surface area contributed by atoms with Crippen LogP contribution in [0.1, 0.15) is 22.3 Å². The Morgan fingerprint density at radius 2 is 2.00 bits per heavy atom. The van der Waals surface area contributed by atoms with Gasteiger partial charge >= 0.3 is 5.97 Å². The Balaban J connectivity index is 2.03. The van der Waals surface area contributed by atoms with Crippen LogP contribution in [0.15, 0.2) is 17.1 Å². The van der Waals surface area contributed by atoms with E-state index in [1.54, 1.807) is 6.07 Å². The van der Waals surface area contributed by atoms with Crippen LogP contribution in [-0.2, 0) is 13.0 Å². The zero-order chi connectivity index (χ0) is 16.8. The predicted molar refractivity (Wildman–Crippen MR) is 93.6 cm³/mol. The molecule has 0 bridgehead atoms. The first-order chi connectivity index (χ1) is 11.6. The summed E-state index contributed by atoms with van der Waals surface area (Å²) < 4.78 is 1.90. The van der Waals surface area contributed by atoms with Crippen molar-refractivity contribution in [3.63, 3.8) is 0 Å². The fourth-order valence-corrected chi connectivity index (χ4v) is 4.17. The third-order valence-electron chi connectivity index (χ3n) is 4.87. The van der Waals surface area contributed by atoms with Crippen LogP contribution in [0.4, 0.5) is 5.69 Å². The maximum atomic E-state index is 12.6. The van der Waals surface area contributed by atoms with E-state index in [4.69, 9.17) is 11.6 Å². The molecule has 6 nitrogen and oxygen atoms in total. The third kappa shape index (κ3) is 2.29. The molecule has 126 valence electrons. The molecule has 2 aliphatic heterocycles. The Hall–Kier alpha value is -2.05. The van der Waals surface area contributed by atoms with Crippen molar-refractivity contribution in [2.45, 2.75) is 19.4 Å². The standard InChI is InChI=1S/C17H18ClN3O3/c18-13-8-11-14-10(15(13)20-6-3-19-4-7-20)2-1-5-21(14)9-12(16(11)22)17(23)24/h8-9,19H,1-7H2,(H,23,24). The van der Waals surface area contributed by atoms with Gasteiger partial charge in [-0.15, -0.1) is 0 Å². The van der Waals surface area contributed by atoms with Crippen molar-refractivity contribution < 1.29 is 9.90 Å². The number of aromatic nitrogens is 1. The number of hydrogen-bond donors (Lipinski definition) is 2. The first kappa shape index (κ1) is 15.5. The third-order valence-corrected chi connectivity index (χ3v) is 5.16. The van der Waals surface area contributed by atoms with Crippen molar-refractivity contribution >= 4 is 34.2 Å². The molecule has 0 aliphatic carbocycles. The summed E-state index contributed by atoms with van der Waals surface area (Å²) in [6.45, 7) is 4.26. The molecule has 0 unspecified atom stereocenters. The minimum absolute atomic E-state index is 0.193. The molecular weight excluding hydrogens is 330 g/mol. The van der Waals surface area contributed by atoms with Gasteiger partial charge in [0.2, 0.25) is 5.43 Å². The maximum Gasteiger partial charge on any atom is 0.341 e. The van der Waals surface area contributed by atoms with Crippen molar-refractivity contribution in [2.24, 2.45) is 0 Å². The molecule has 2 N–H and O–H groups in total. The van der Waals surface area contributed by atoms with Crippen LogP contribution in [-0.4, -0.2) is 41.8 Å². The molecule has 4 rings (SSSR count). The number of aromatic carboxylic acids is 1. The van der Waals surface area contributed by atoms with Crippen LogP contribution >= 0.6 is 11.6 Å². The van der Waals surface area contributed by atoms with E-state index in [1.807, 2.05) is 4.57 Å². The first-order valence-electron chi connectivity index (χ1n) is 8.15. The van der Waals surface area contributed by atoms with E-state index in [2.05, 4.69) is 10.2 Å². The first-order valence-corrected chi connectivity index (χ1v) is 8.53. The molecule has 7 heteroatoms. The molecule has 1 aromatic carbocycles. The molecule has 1 saturated heterocycles. The van der Waals surface area contributed by atoms with Gasteiger partial charge in [0, 0.05) is 49.9 Å². The van der Waals surface area contributed by atoms with E-state index in [0.29, 0.717) is 17.0 Å². The van der Waals surface area contributed by atoms with Crippen LogP contribution in [0.25, 0.3) is 10.9 Å². The zero-order valence-corrected chi connectivity index (χ0v) is 13.9. The number of nitrogens with one attached hydrogen (secondary N) is 1. The number of benzene rings is 1. The second kappa shape index (κ2) is 5.79. The zero-order valence-electron chi connectivity index (χ0n) is 13.1. The molecule has 1 aromatic heterocycles. The lowest BCUT2D eigenvalue weighted by Gasteiger charge is -2.34. The maximum absolute atomic E-state index is 12.6. The van der Waals surface area contributed by atoms with Crippen LogP contribution in [0, 0.1) is 0 Å². The molecule has 2 aliphatic rings. The number of nitrogens with zero attached hydrogens (tertiary/aromatic N) is 2. The van der Waals surface area contributed by atoms with E-state index in [-0.39, 0.29) is 5.56 Å². The minimum Gasteiger partial charge on any atom is -0.477 e. The number of anilines is 1. The average molecular weight is 348 g/mol. The van der Waals surface area contributed by atoms with Crippen LogP contribution in [0.3, 0.4) is 0 Å². The lowest BCUT2D eigenvalue weighted by Crippen LogP contribution is -2.44. The summed E-state index contributed by atoms with van der Waals surface area (Å²) in [5.74, 6) is -1.19. The quantitative estimate of drug-likeness (QED) is 0.865. The largest absolute Gasteiger partial charge is 0.477 e. The molecule has 0 spiro atoms. The van der Waals surface area contributed by atoms with Crippen LogP contribution < -0.4 is 15.6 Å². The number of carboxylic acids is 1. The van der Waals surface area contributed by atoms with Gasteiger partial charge in [0.05, 0.1) is 16.2 Å². The smallest absolute Gasteiger partial charge is 0.341 e. The monoisotopic (exact) mass is 347 g/mol. The predicted octanol–water partition coefficient (Wildman–Crippen LogP) is 1.71. The van der Waals surface area contributed by atoms with Gasteiger partial charge in [-0.3, -0.25) is 4.79 Å². The number of aryl methyl sites for hydroxylation is 2. The molecule has 0 saturated carbocycles. The summed E-state index contributed by atoms with van der Waals surface area (Å²) >= 11 is 6.54. The van der Waals surface area contributed by atoms with E-state index < -0.39 is 11.4 Å². The molecule has 24 heavy (non-hydrogen) atoms. The number of halogens is 1. The fourth-order valence-electron chi connectivity index (χ4n) is 3.83. The average Bonchev–Trinajstić information content (AvgIpc) is 2.58. The van der Waals surface area contributed by atoms with Crippen LogP contribution in [0.5, 0.6) is 0 Å². The summed E-state index contributed by atoms with van der Waals surface area (Å²) in [5.41, 5.74) is 2.27. The van der Waals surface area contributed by atoms with Gasteiger partial charge in [-0.2, -0.15) is 0 Å². The Kier molecular flexibility index (Phi) is 3.73. The summed E-state index contributed by atoms with van der Waals surface area (Å²) in [6, 6.07) is 1.65. The van der Waals surface area contributed by atoms with Crippen LogP contribution in [0.2, 0.25) is 5.02 Å². The van der Waals surface area contributed by atoms with Gasteiger partial charge in [0.15, 0.2) is 0 Å². The number of carbonyl (C=O) groups is 1. The highest BCUT2D eigenvalue weighted by Gasteiger charge is 2.26. The summed E-state index contributed by atoms with van der Waals surface area (Å²) in [7, 11) is 0. The summed E-state index contributed by atoms with van der Waals surface area (Å²) in [6.07, 6.45) is 3.23. The van der Waals surface area contributed by atoms with Crippen molar-refractivity contribution in [1.29, 1.82) is 0 Å². The minimum atomic E-state index is -1.19. The molecule has 2 aromatic rings. The lowest BCUT2D eigenvalue weighted by atomic mass is 9.97. The van der Waals surface area contributed by atoms with Gasteiger partial charge in [-0.25, -0.2) is 4.79 Å². The topological polar surface area (TPSA) is 74.6 Å². The number of carboxylic acid groups (broad SMARTS) is 1. The van der Waals surface area contributed by atoms with E-state index in [0.717, 1.165) is 55.8 Å². The highest BCUT2D eigenvalue weighted by Crippen LogP contribution is 2.38. The van der Waals surface area contributed by atoms with Crippen molar-refractivity contribution in [1.82, 2.24) is 9.88 Å². The summed E-state index contributed by atoms with van der Waals surface area (Å²) in [5, 5.41) is 13.6. The molecule has 0 amide bonds. The highest BCUT2D eigenvalue weighted by atomic mass is 35.5. The number of pyridine rings is 1. The Bertz CT molecular complexity index is 900. The van der Waals surface area contributed by atoms with E-state index >= 15 is 0 Å². The second-order valence-electron chi connectivity index (χ2n) is 6.29. The molecule has 0 atom stereocenters. The van der Waals surface area contributed by atoms with E-state index in [1.165, 1.54) is 6.20 Å². The lowest BCUT2D eigenvalue weighted by molar-refractivity contribution is 0.0694. The number of hydrogen-bond acceptors (Lipinski definition) is 4. The van der Waals surface area contributed by atoms with E-state index in [9.17, 15) is 14.7 Å². The van der Waals surface area contributed by atoms with Crippen molar-refractivity contribution in [3.8, 4) is 0 Å². The SMILES string of the molecule is O=C(O)c1cn2c3c(c(N4CCNCC4)c(Cl)cc3c1=O)CCC2. The highest BCUT2D eigenvalue weighted by molar-refractivity contribution is 6.34. The Labute approximate surface area is 143 Å². The van der Waals surface area contributed by atoms with Crippen molar-refractivity contribution in [2.75, 3.05) is 31.1 Å². The fraction of sp³-hybridized carbons (Fsp3) is 0.412. The normalized spacial score (nSPS) is 17.3.